The van der Waals surface area contributed by atoms with Gasteiger partial charge in [0.1, 0.15) is 5.71 Å². The lowest BCUT2D eigenvalue weighted by Crippen LogP contribution is -2.16. The summed E-state index contributed by atoms with van der Waals surface area (Å²) in [5.74, 6) is -0.855. The quantitative estimate of drug-likeness (QED) is 0.0923. The van der Waals surface area contributed by atoms with Gasteiger partial charge in [0.2, 0.25) is 5.78 Å². The number of halogens is 1. The zero-order valence-electron chi connectivity index (χ0n) is 18.5. The molecule has 0 aromatic heterocycles. The largest absolute Gasteiger partial charge is 0.365 e. The van der Waals surface area contributed by atoms with E-state index >= 15 is 0 Å². The molecule has 33 heavy (non-hydrogen) atoms. The number of nitrogens with zero attached hydrogens (tertiary/aromatic N) is 1. The number of oxime groups is 1. The summed E-state index contributed by atoms with van der Waals surface area (Å²) in [6.45, 7) is 2.13. The number of rotatable bonds is 11. The minimum atomic E-state index is -0.625. The topological polar surface area (TPSA) is 55.7 Å². The molecule has 0 N–H and O–H groups in total. The third kappa shape index (κ3) is 7.88. The average molecular weight is 480 g/mol. The number of hydrogen-bond donors (Lipinski definition) is 0. The van der Waals surface area contributed by atoms with Crippen LogP contribution in [0, 0.1) is 0 Å². The van der Waals surface area contributed by atoms with Crippen molar-refractivity contribution in [1.29, 1.82) is 0 Å². The smallest absolute Gasteiger partial charge is 0.312 e. The van der Waals surface area contributed by atoms with Crippen LogP contribution in [0.1, 0.15) is 59.7 Å². The molecule has 0 aliphatic carbocycles. The fourth-order valence-electron chi connectivity index (χ4n) is 3.12. The van der Waals surface area contributed by atoms with Gasteiger partial charge in [0.15, 0.2) is 0 Å². The van der Waals surface area contributed by atoms with Crippen molar-refractivity contribution in [3.63, 3.8) is 0 Å². The summed E-state index contributed by atoms with van der Waals surface area (Å²) in [5.41, 5.74) is 1.09. The van der Waals surface area contributed by atoms with E-state index in [-0.39, 0.29) is 11.5 Å². The second-order valence-electron chi connectivity index (χ2n) is 7.50. The molecular formula is C27H26ClNO3S. The lowest BCUT2D eigenvalue weighted by Gasteiger charge is -2.07. The molecule has 0 unspecified atom stereocenters. The first-order valence-corrected chi connectivity index (χ1v) is 12.2. The summed E-state index contributed by atoms with van der Waals surface area (Å²) in [6.07, 6.45) is 4.41. The van der Waals surface area contributed by atoms with Gasteiger partial charge >= 0.3 is 5.97 Å². The first-order chi connectivity index (χ1) is 16.1. The van der Waals surface area contributed by atoms with E-state index in [0.29, 0.717) is 22.6 Å². The molecule has 6 heteroatoms. The summed E-state index contributed by atoms with van der Waals surface area (Å²) in [6, 6.07) is 23.8. The van der Waals surface area contributed by atoms with Crippen molar-refractivity contribution in [3.8, 4) is 0 Å². The Labute approximate surface area is 204 Å². The average Bonchev–Trinajstić information content (AvgIpc) is 2.84. The van der Waals surface area contributed by atoms with Crippen molar-refractivity contribution in [2.75, 3.05) is 0 Å². The minimum absolute atomic E-state index is 0.230. The van der Waals surface area contributed by atoms with Gasteiger partial charge in [-0.05, 0) is 73.5 Å². The molecule has 170 valence electrons. The van der Waals surface area contributed by atoms with Gasteiger partial charge in [-0.15, -0.1) is 0 Å². The van der Waals surface area contributed by atoms with Crippen LogP contribution in [-0.4, -0.2) is 17.5 Å². The predicted octanol–water partition coefficient (Wildman–Crippen LogP) is 7.86. The van der Waals surface area contributed by atoms with Crippen LogP contribution < -0.4 is 0 Å². The normalized spacial score (nSPS) is 11.3. The van der Waals surface area contributed by atoms with Gasteiger partial charge in [0, 0.05) is 20.4 Å². The second kappa shape index (κ2) is 13.0. The summed E-state index contributed by atoms with van der Waals surface area (Å²) < 4.78 is 0. The number of Topliss-reactive ketones (excluding diaryl/α,β-unsaturated/α-hetero) is 1. The molecule has 0 fully saturated rings. The number of hydrogen-bond acceptors (Lipinski definition) is 5. The maximum atomic E-state index is 13.1. The standard InChI is InChI=1S/C27H26ClNO3S/c1-2-3-4-8-11-25(29-32-27(31)21-12-16-22(28)17-13-21)26(30)20-14-18-24(19-15-20)33-23-9-6-5-7-10-23/h5-7,9-10,12-19H,2-4,8,11H2,1H3/b29-25+. The fraction of sp³-hybridized carbons (Fsp3) is 0.222. The van der Waals surface area contributed by atoms with E-state index in [2.05, 4.69) is 12.1 Å². The lowest BCUT2D eigenvalue weighted by atomic mass is 10.0. The summed E-state index contributed by atoms with van der Waals surface area (Å²) in [4.78, 5) is 32.7. The molecule has 0 aliphatic rings. The monoisotopic (exact) mass is 479 g/mol. The number of carbonyl (C=O) groups excluding carboxylic acids is 2. The first-order valence-electron chi connectivity index (χ1n) is 11.0. The molecule has 0 heterocycles. The van der Waals surface area contributed by atoms with Crippen LogP contribution in [0.25, 0.3) is 0 Å². The first kappa shape index (κ1) is 24.7. The van der Waals surface area contributed by atoms with E-state index in [4.69, 9.17) is 16.4 Å². The van der Waals surface area contributed by atoms with Gasteiger partial charge in [-0.2, -0.15) is 0 Å². The highest BCUT2D eigenvalue weighted by atomic mass is 35.5. The number of unbranched alkanes of at least 4 members (excludes halogenated alkanes) is 3. The highest BCUT2D eigenvalue weighted by Gasteiger charge is 2.17. The molecule has 0 atom stereocenters. The summed E-state index contributed by atoms with van der Waals surface area (Å²) in [7, 11) is 0. The Morgan fingerprint density at radius 2 is 1.45 bits per heavy atom. The fourth-order valence-corrected chi connectivity index (χ4v) is 4.08. The van der Waals surface area contributed by atoms with Crippen molar-refractivity contribution in [3.05, 3.63) is 95.0 Å². The highest BCUT2D eigenvalue weighted by molar-refractivity contribution is 7.99. The Morgan fingerprint density at radius 1 is 0.818 bits per heavy atom. The van der Waals surface area contributed by atoms with Crippen LogP contribution in [-0.2, 0) is 4.84 Å². The second-order valence-corrected chi connectivity index (χ2v) is 9.09. The van der Waals surface area contributed by atoms with Crippen molar-refractivity contribution < 1.29 is 14.4 Å². The third-order valence-corrected chi connectivity index (χ3v) is 6.21. The number of benzene rings is 3. The molecule has 3 rings (SSSR count). The van der Waals surface area contributed by atoms with Crippen LogP contribution >= 0.6 is 23.4 Å². The molecule has 0 aliphatic heterocycles. The van der Waals surface area contributed by atoms with Crippen LogP contribution in [0.5, 0.6) is 0 Å². The summed E-state index contributed by atoms with van der Waals surface area (Å²) >= 11 is 7.49. The molecule has 3 aromatic carbocycles. The van der Waals surface area contributed by atoms with Gasteiger partial charge in [-0.3, -0.25) is 4.79 Å². The van der Waals surface area contributed by atoms with Gasteiger partial charge in [-0.1, -0.05) is 72.9 Å². The van der Waals surface area contributed by atoms with E-state index in [1.54, 1.807) is 48.2 Å². The molecule has 4 nitrogen and oxygen atoms in total. The van der Waals surface area contributed by atoms with E-state index in [0.717, 1.165) is 35.5 Å². The number of carbonyl (C=O) groups is 2. The highest BCUT2D eigenvalue weighted by Crippen LogP contribution is 2.27. The Hall–Kier alpha value is -2.89. The zero-order valence-corrected chi connectivity index (χ0v) is 20.1. The van der Waals surface area contributed by atoms with Crippen LogP contribution in [0.4, 0.5) is 0 Å². The van der Waals surface area contributed by atoms with Crippen LogP contribution in [0.15, 0.2) is 93.8 Å². The Balaban J connectivity index is 1.71. The third-order valence-electron chi connectivity index (χ3n) is 4.94. The molecule has 0 radical (unpaired) electrons. The molecular weight excluding hydrogens is 454 g/mol. The maximum Gasteiger partial charge on any atom is 0.365 e. The minimum Gasteiger partial charge on any atom is -0.312 e. The molecule has 3 aromatic rings. The maximum absolute atomic E-state index is 13.1. The predicted molar refractivity (Wildman–Crippen MR) is 134 cm³/mol. The Bertz CT molecular complexity index is 1080. The van der Waals surface area contributed by atoms with Crippen LogP contribution in [0.2, 0.25) is 5.02 Å². The molecule has 0 saturated heterocycles. The zero-order chi connectivity index (χ0) is 23.5. The van der Waals surface area contributed by atoms with Crippen molar-refractivity contribution >= 4 is 40.8 Å². The van der Waals surface area contributed by atoms with Gasteiger partial charge < -0.3 is 4.84 Å². The molecule has 0 saturated carbocycles. The summed E-state index contributed by atoms with van der Waals surface area (Å²) in [5, 5.41) is 4.49. The number of ketones is 1. The molecule has 0 bridgehead atoms. The van der Waals surface area contributed by atoms with Crippen molar-refractivity contribution in [2.24, 2.45) is 5.16 Å². The molecule has 0 spiro atoms. The molecule has 0 amide bonds. The van der Waals surface area contributed by atoms with Gasteiger partial charge in [0.25, 0.3) is 0 Å². The van der Waals surface area contributed by atoms with Crippen molar-refractivity contribution in [2.45, 2.75) is 48.8 Å². The van der Waals surface area contributed by atoms with E-state index in [1.807, 2.05) is 42.5 Å². The Morgan fingerprint density at radius 3 is 2.12 bits per heavy atom. The van der Waals surface area contributed by atoms with Gasteiger partial charge in [0.05, 0.1) is 5.56 Å². The van der Waals surface area contributed by atoms with E-state index in [9.17, 15) is 9.59 Å². The lowest BCUT2D eigenvalue weighted by molar-refractivity contribution is 0.0514. The van der Waals surface area contributed by atoms with Crippen LogP contribution in [0.3, 0.4) is 0 Å². The van der Waals surface area contributed by atoms with E-state index in [1.165, 1.54) is 0 Å². The van der Waals surface area contributed by atoms with Crippen molar-refractivity contribution in [1.82, 2.24) is 0 Å². The van der Waals surface area contributed by atoms with E-state index < -0.39 is 5.97 Å². The van der Waals surface area contributed by atoms with Gasteiger partial charge in [-0.25, -0.2) is 4.79 Å². The Kier molecular flexibility index (Phi) is 9.73. The SMILES string of the molecule is CCCCCC/C(=N\OC(=O)c1ccc(Cl)cc1)C(=O)c1ccc(Sc2ccccc2)cc1.